The van der Waals surface area contributed by atoms with Crippen molar-refractivity contribution in [1.82, 2.24) is 4.90 Å². The first-order valence-electron chi connectivity index (χ1n) is 7.03. The van der Waals surface area contributed by atoms with Crippen LogP contribution >= 0.6 is 0 Å². The molecule has 1 aliphatic heterocycles. The SMILES string of the molecule is CCO[C@H]1CCN(C(=O)OCc2ccccc2)C[C@@H]1N. The van der Waals surface area contributed by atoms with E-state index in [1.807, 2.05) is 37.3 Å². The average Bonchev–Trinajstić information content (AvgIpc) is 2.48. The second-order valence-electron chi connectivity index (χ2n) is 4.93. The summed E-state index contributed by atoms with van der Waals surface area (Å²) in [4.78, 5) is 13.6. The number of hydrogen-bond donors (Lipinski definition) is 1. The Bertz CT molecular complexity index is 424. The van der Waals surface area contributed by atoms with Crippen molar-refractivity contribution >= 4 is 6.09 Å². The first kappa shape index (κ1) is 14.8. The van der Waals surface area contributed by atoms with Crippen molar-refractivity contribution in [3.05, 3.63) is 35.9 Å². The highest BCUT2D eigenvalue weighted by atomic mass is 16.6. The van der Waals surface area contributed by atoms with Gasteiger partial charge in [-0.3, -0.25) is 0 Å². The Morgan fingerprint density at radius 1 is 1.40 bits per heavy atom. The molecule has 1 aromatic carbocycles. The van der Waals surface area contributed by atoms with Gasteiger partial charge in [-0.25, -0.2) is 4.79 Å². The standard InChI is InChI=1S/C15H22N2O3/c1-2-19-14-8-9-17(10-13(14)16)15(18)20-11-12-6-4-3-5-7-12/h3-7,13-14H,2,8-11,16H2,1H3/t13-,14-/m0/s1. The van der Waals surface area contributed by atoms with Gasteiger partial charge in [-0.05, 0) is 18.9 Å². The van der Waals surface area contributed by atoms with Crippen LogP contribution in [0.15, 0.2) is 30.3 Å². The van der Waals surface area contributed by atoms with Gasteiger partial charge in [-0.15, -0.1) is 0 Å². The van der Waals surface area contributed by atoms with E-state index in [9.17, 15) is 4.79 Å². The van der Waals surface area contributed by atoms with Crippen molar-refractivity contribution in [2.45, 2.75) is 32.1 Å². The van der Waals surface area contributed by atoms with Crippen molar-refractivity contribution in [2.75, 3.05) is 19.7 Å². The second-order valence-corrected chi connectivity index (χ2v) is 4.93. The Labute approximate surface area is 119 Å². The Morgan fingerprint density at radius 2 is 2.15 bits per heavy atom. The van der Waals surface area contributed by atoms with Crippen LogP contribution in [-0.4, -0.2) is 42.8 Å². The summed E-state index contributed by atoms with van der Waals surface area (Å²) < 4.78 is 10.9. The van der Waals surface area contributed by atoms with Crippen molar-refractivity contribution < 1.29 is 14.3 Å². The number of ether oxygens (including phenoxy) is 2. The maximum absolute atomic E-state index is 12.0. The van der Waals surface area contributed by atoms with E-state index in [1.54, 1.807) is 4.90 Å². The number of nitrogens with zero attached hydrogens (tertiary/aromatic N) is 1. The van der Waals surface area contributed by atoms with Crippen LogP contribution in [0.5, 0.6) is 0 Å². The molecule has 1 aromatic rings. The normalized spacial score (nSPS) is 22.6. The van der Waals surface area contributed by atoms with E-state index in [0.29, 0.717) is 26.3 Å². The van der Waals surface area contributed by atoms with Gasteiger partial charge < -0.3 is 20.1 Å². The molecule has 1 fully saturated rings. The topological polar surface area (TPSA) is 64.8 Å². The van der Waals surface area contributed by atoms with Crippen molar-refractivity contribution in [3.63, 3.8) is 0 Å². The Hall–Kier alpha value is -1.59. The molecular formula is C15H22N2O3. The first-order valence-corrected chi connectivity index (χ1v) is 7.03. The average molecular weight is 278 g/mol. The number of rotatable bonds is 4. The number of benzene rings is 1. The number of piperidine rings is 1. The molecule has 1 aliphatic rings. The number of carbonyl (C=O) groups is 1. The van der Waals surface area contributed by atoms with Crippen LogP contribution < -0.4 is 5.73 Å². The fraction of sp³-hybridized carbons (Fsp3) is 0.533. The number of nitrogens with two attached hydrogens (primary N) is 1. The van der Waals surface area contributed by atoms with Crippen LogP contribution in [0.4, 0.5) is 4.79 Å². The number of likely N-dealkylation sites (tertiary alicyclic amines) is 1. The number of amides is 1. The third-order valence-corrected chi connectivity index (χ3v) is 3.44. The lowest BCUT2D eigenvalue weighted by Gasteiger charge is -2.35. The van der Waals surface area contributed by atoms with E-state index in [2.05, 4.69) is 0 Å². The lowest BCUT2D eigenvalue weighted by atomic mass is 10.0. The van der Waals surface area contributed by atoms with E-state index in [4.69, 9.17) is 15.2 Å². The first-order chi connectivity index (χ1) is 9.70. The lowest BCUT2D eigenvalue weighted by molar-refractivity contribution is -0.00234. The van der Waals surface area contributed by atoms with E-state index >= 15 is 0 Å². The van der Waals surface area contributed by atoms with E-state index in [0.717, 1.165) is 12.0 Å². The van der Waals surface area contributed by atoms with Gasteiger partial charge in [-0.2, -0.15) is 0 Å². The Morgan fingerprint density at radius 3 is 2.80 bits per heavy atom. The fourth-order valence-corrected chi connectivity index (χ4v) is 2.36. The summed E-state index contributed by atoms with van der Waals surface area (Å²) in [6.07, 6.45) is 0.493. The summed E-state index contributed by atoms with van der Waals surface area (Å²) in [5, 5.41) is 0. The third-order valence-electron chi connectivity index (χ3n) is 3.44. The second kappa shape index (κ2) is 7.26. The zero-order valence-electron chi connectivity index (χ0n) is 11.8. The van der Waals surface area contributed by atoms with E-state index in [1.165, 1.54) is 0 Å². The predicted octanol–water partition coefficient (Wildman–Crippen LogP) is 1.76. The largest absolute Gasteiger partial charge is 0.445 e. The molecule has 110 valence electrons. The molecule has 2 rings (SSSR count). The minimum atomic E-state index is -0.306. The molecule has 0 aromatic heterocycles. The van der Waals surface area contributed by atoms with Crippen molar-refractivity contribution in [3.8, 4) is 0 Å². The number of carbonyl (C=O) groups excluding carboxylic acids is 1. The summed E-state index contributed by atoms with van der Waals surface area (Å²) in [5.74, 6) is 0. The van der Waals surface area contributed by atoms with Crippen LogP contribution in [0, 0.1) is 0 Å². The van der Waals surface area contributed by atoms with Gasteiger partial charge in [0.25, 0.3) is 0 Å². The maximum Gasteiger partial charge on any atom is 0.410 e. The molecule has 0 unspecified atom stereocenters. The minimum absolute atomic E-state index is 0.0400. The van der Waals surface area contributed by atoms with E-state index < -0.39 is 0 Å². The van der Waals surface area contributed by atoms with Crippen molar-refractivity contribution in [2.24, 2.45) is 5.73 Å². The molecule has 1 saturated heterocycles. The Balaban J connectivity index is 1.79. The van der Waals surface area contributed by atoms with Gasteiger partial charge in [0.2, 0.25) is 0 Å². The molecule has 0 aliphatic carbocycles. The molecule has 0 spiro atoms. The molecule has 2 N–H and O–H groups in total. The molecule has 1 amide bonds. The molecule has 5 nitrogen and oxygen atoms in total. The van der Waals surface area contributed by atoms with Crippen LogP contribution in [-0.2, 0) is 16.1 Å². The molecule has 0 bridgehead atoms. The van der Waals surface area contributed by atoms with Crippen LogP contribution in [0.2, 0.25) is 0 Å². The minimum Gasteiger partial charge on any atom is -0.445 e. The zero-order valence-corrected chi connectivity index (χ0v) is 11.8. The van der Waals surface area contributed by atoms with Crippen molar-refractivity contribution in [1.29, 1.82) is 0 Å². The van der Waals surface area contributed by atoms with Gasteiger partial charge in [0, 0.05) is 25.7 Å². The van der Waals surface area contributed by atoms with Crippen LogP contribution in [0.25, 0.3) is 0 Å². The van der Waals surface area contributed by atoms with E-state index in [-0.39, 0.29) is 18.2 Å². The molecular weight excluding hydrogens is 256 g/mol. The lowest BCUT2D eigenvalue weighted by Crippen LogP contribution is -2.54. The highest BCUT2D eigenvalue weighted by Crippen LogP contribution is 2.14. The van der Waals surface area contributed by atoms with Gasteiger partial charge in [0.1, 0.15) is 6.61 Å². The highest BCUT2D eigenvalue weighted by Gasteiger charge is 2.30. The summed E-state index contributed by atoms with van der Waals surface area (Å²) in [6.45, 7) is 4.01. The molecule has 2 atom stereocenters. The molecule has 0 radical (unpaired) electrons. The van der Waals surface area contributed by atoms with Gasteiger partial charge in [0.05, 0.1) is 6.10 Å². The Kier molecular flexibility index (Phi) is 5.38. The maximum atomic E-state index is 12.0. The number of hydrogen-bond acceptors (Lipinski definition) is 4. The predicted molar refractivity (Wildman–Crippen MR) is 76.2 cm³/mol. The molecule has 0 saturated carbocycles. The van der Waals surface area contributed by atoms with Gasteiger partial charge in [0.15, 0.2) is 0 Å². The van der Waals surface area contributed by atoms with Gasteiger partial charge >= 0.3 is 6.09 Å². The highest BCUT2D eigenvalue weighted by molar-refractivity contribution is 5.67. The molecule has 5 heteroatoms. The fourth-order valence-electron chi connectivity index (χ4n) is 2.36. The smallest absolute Gasteiger partial charge is 0.410 e. The van der Waals surface area contributed by atoms with Crippen LogP contribution in [0.3, 0.4) is 0 Å². The molecule has 20 heavy (non-hydrogen) atoms. The zero-order chi connectivity index (χ0) is 14.4. The summed E-state index contributed by atoms with van der Waals surface area (Å²) in [5.41, 5.74) is 7.01. The molecule has 1 heterocycles. The van der Waals surface area contributed by atoms with Gasteiger partial charge in [-0.1, -0.05) is 30.3 Å². The third kappa shape index (κ3) is 3.95. The summed E-state index contributed by atoms with van der Waals surface area (Å²) in [7, 11) is 0. The quantitative estimate of drug-likeness (QED) is 0.911. The summed E-state index contributed by atoms with van der Waals surface area (Å²) >= 11 is 0. The monoisotopic (exact) mass is 278 g/mol. The van der Waals surface area contributed by atoms with Crippen LogP contribution in [0.1, 0.15) is 18.9 Å². The summed E-state index contributed by atoms with van der Waals surface area (Å²) in [6, 6.07) is 9.50.